The minimum atomic E-state index is -1.21. The summed E-state index contributed by atoms with van der Waals surface area (Å²) in [6.07, 6.45) is -0.281. The summed E-state index contributed by atoms with van der Waals surface area (Å²) in [6.45, 7) is 1.69. The zero-order valence-corrected chi connectivity index (χ0v) is 14.5. The van der Waals surface area contributed by atoms with Crippen molar-refractivity contribution in [3.05, 3.63) is 64.2 Å². The molecule has 0 radical (unpaired) electrons. The summed E-state index contributed by atoms with van der Waals surface area (Å²) >= 11 is 5.97. The molecule has 0 saturated carbocycles. The van der Waals surface area contributed by atoms with Gasteiger partial charge < -0.3 is 14.6 Å². The van der Waals surface area contributed by atoms with Crippen molar-refractivity contribution in [1.82, 2.24) is 5.43 Å². The first-order valence-corrected chi connectivity index (χ1v) is 7.76. The molecule has 1 N–H and O–H groups in total. The number of ether oxygens (including phenoxy) is 1. The van der Waals surface area contributed by atoms with Gasteiger partial charge in [-0.25, -0.2) is 5.43 Å². The van der Waals surface area contributed by atoms with Crippen LogP contribution in [-0.2, 0) is 11.2 Å². The summed E-state index contributed by atoms with van der Waals surface area (Å²) < 4.78 is 5.13. The zero-order chi connectivity index (χ0) is 18.4. The number of hydrogen-bond donors (Lipinski definition) is 1. The highest BCUT2D eigenvalue weighted by Crippen LogP contribution is 2.21. The molecule has 2 rings (SSSR count). The lowest BCUT2D eigenvalue weighted by atomic mass is 10.0. The topological polar surface area (TPSA) is 90.8 Å². The predicted octanol–water partition coefficient (Wildman–Crippen LogP) is 1.79. The Morgan fingerprint density at radius 2 is 1.96 bits per heavy atom. The van der Waals surface area contributed by atoms with Crippen molar-refractivity contribution in [2.45, 2.75) is 13.3 Å². The third-order valence-corrected chi connectivity index (χ3v) is 3.81. The van der Waals surface area contributed by atoms with Gasteiger partial charge >= 0.3 is 0 Å². The second-order valence-corrected chi connectivity index (χ2v) is 5.60. The summed E-state index contributed by atoms with van der Waals surface area (Å²) in [4.78, 5) is 23.0. The molecule has 130 valence electrons. The van der Waals surface area contributed by atoms with E-state index in [1.165, 1.54) is 7.11 Å². The van der Waals surface area contributed by atoms with E-state index in [-0.39, 0.29) is 6.42 Å². The molecule has 0 fully saturated rings. The van der Waals surface area contributed by atoms with E-state index in [4.69, 9.17) is 16.3 Å². The zero-order valence-electron chi connectivity index (χ0n) is 13.7. The van der Waals surface area contributed by atoms with E-state index in [1.54, 1.807) is 49.4 Å². The van der Waals surface area contributed by atoms with Crippen molar-refractivity contribution in [2.75, 3.05) is 7.11 Å². The van der Waals surface area contributed by atoms with Crippen LogP contribution in [0.2, 0.25) is 5.02 Å². The van der Waals surface area contributed by atoms with Gasteiger partial charge in [-0.05, 0) is 42.8 Å². The maximum atomic E-state index is 12.1. The number of nitrogens with one attached hydrogen (secondary N) is 1. The van der Waals surface area contributed by atoms with Gasteiger partial charge in [-0.1, -0.05) is 23.7 Å². The smallest absolute Gasteiger partial charge is 0.272 e. The maximum Gasteiger partial charge on any atom is 0.272 e. The van der Waals surface area contributed by atoms with Crippen molar-refractivity contribution >= 4 is 29.2 Å². The summed E-state index contributed by atoms with van der Waals surface area (Å²) in [6, 6.07) is 11.6. The van der Waals surface area contributed by atoms with Crippen molar-refractivity contribution < 1.29 is 19.4 Å². The second-order valence-electron chi connectivity index (χ2n) is 5.19. The number of hydrogen-bond acceptors (Lipinski definition) is 5. The van der Waals surface area contributed by atoms with Crippen LogP contribution in [0.15, 0.2) is 47.6 Å². The summed E-state index contributed by atoms with van der Waals surface area (Å²) in [5, 5.41) is 15.2. The number of hydrazone groups is 1. The molecule has 0 saturated heterocycles. The summed E-state index contributed by atoms with van der Waals surface area (Å²) in [7, 11) is 1.46. The summed E-state index contributed by atoms with van der Waals surface area (Å²) in [5.74, 6) is -1.20. The van der Waals surface area contributed by atoms with E-state index in [2.05, 4.69) is 10.5 Å². The molecule has 2 aromatic carbocycles. The van der Waals surface area contributed by atoms with Gasteiger partial charge in [0, 0.05) is 18.0 Å². The number of carbonyl (C=O) groups is 2. The number of halogens is 1. The van der Waals surface area contributed by atoms with Gasteiger partial charge in [0.1, 0.15) is 5.75 Å². The normalized spacial score (nSPS) is 11.1. The van der Waals surface area contributed by atoms with E-state index < -0.39 is 11.9 Å². The van der Waals surface area contributed by atoms with Crippen LogP contribution in [-0.4, -0.2) is 24.7 Å². The molecule has 7 heteroatoms. The second kappa shape index (κ2) is 8.30. The fourth-order valence-electron chi connectivity index (χ4n) is 2.20. The summed E-state index contributed by atoms with van der Waals surface area (Å²) in [5.41, 5.74) is 4.36. The monoisotopic (exact) mass is 359 g/mol. The van der Waals surface area contributed by atoms with Crippen molar-refractivity contribution in [3.8, 4) is 5.75 Å². The number of carbonyl (C=O) groups excluding carboxylic acids is 2. The van der Waals surface area contributed by atoms with Gasteiger partial charge in [0.05, 0.1) is 23.4 Å². The molecule has 1 amide bonds. The van der Waals surface area contributed by atoms with Gasteiger partial charge in [0.15, 0.2) is 0 Å². The molecule has 2 aromatic rings. The highest BCUT2D eigenvalue weighted by atomic mass is 35.5. The Labute approximate surface area is 150 Å². The van der Waals surface area contributed by atoms with Gasteiger partial charge in [0.2, 0.25) is 0 Å². The third kappa shape index (κ3) is 4.81. The SMILES string of the molecule is COc1ccc(/C(C)=N\NC(=O)c2ccccc2Cl)cc1CC(=O)[O-]. The molecule has 0 spiro atoms. The van der Waals surface area contributed by atoms with Gasteiger partial charge in [0.25, 0.3) is 5.91 Å². The van der Waals surface area contributed by atoms with Gasteiger partial charge in [-0.15, -0.1) is 0 Å². The third-order valence-electron chi connectivity index (χ3n) is 3.48. The molecule has 0 unspecified atom stereocenters. The average molecular weight is 360 g/mol. The minimum absolute atomic E-state index is 0.281. The van der Waals surface area contributed by atoms with Crippen molar-refractivity contribution in [3.63, 3.8) is 0 Å². The highest BCUT2D eigenvalue weighted by molar-refractivity contribution is 6.33. The first-order chi connectivity index (χ1) is 11.9. The highest BCUT2D eigenvalue weighted by Gasteiger charge is 2.10. The number of amides is 1. The lowest BCUT2D eigenvalue weighted by Crippen LogP contribution is -2.24. The number of aliphatic carboxylic acids is 1. The van der Waals surface area contributed by atoms with Crippen LogP contribution in [0.5, 0.6) is 5.75 Å². The molecule has 0 heterocycles. The molecule has 0 aliphatic heterocycles. The largest absolute Gasteiger partial charge is 0.550 e. The van der Waals surface area contributed by atoms with Crippen LogP contribution in [0.4, 0.5) is 0 Å². The molecule has 0 aliphatic carbocycles. The maximum absolute atomic E-state index is 12.1. The minimum Gasteiger partial charge on any atom is -0.550 e. The van der Waals surface area contributed by atoms with E-state index >= 15 is 0 Å². The van der Waals surface area contributed by atoms with Crippen LogP contribution in [0.1, 0.15) is 28.4 Å². The van der Waals surface area contributed by atoms with Crippen LogP contribution in [0.25, 0.3) is 0 Å². The Bertz CT molecular complexity index is 834. The first-order valence-electron chi connectivity index (χ1n) is 7.38. The lowest BCUT2D eigenvalue weighted by Gasteiger charge is -2.11. The molecule has 0 bridgehead atoms. The van der Waals surface area contributed by atoms with Crippen molar-refractivity contribution in [2.24, 2.45) is 5.10 Å². The Kier molecular flexibility index (Phi) is 6.14. The first kappa shape index (κ1) is 18.5. The quantitative estimate of drug-likeness (QED) is 0.629. The fraction of sp³-hybridized carbons (Fsp3) is 0.167. The number of benzene rings is 2. The number of carboxylic acids is 1. The van der Waals surface area contributed by atoms with E-state index in [0.29, 0.717) is 33.2 Å². The number of rotatable bonds is 6. The van der Waals surface area contributed by atoms with Crippen LogP contribution in [0, 0.1) is 0 Å². The van der Waals surface area contributed by atoms with Crippen LogP contribution >= 0.6 is 11.6 Å². The van der Waals surface area contributed by atoms with E-state index in [9.17, 15) is 14.7 Å². The number of nitrogens with zero attached hydrogens (tertiary/aromatic N) is 1. The standard InChI is InChI=1S/C18H17ClN2O4/c1-11(20-21-18(24)14-5-3-4-6-15(14)19)12-7-8-16(25-2)13(9-12)10-17(22)23/h3-9H,10H2,1-2H3,(H,21,24)(H,22,23)/p-1/b20-11-. The van der Waals surface area contributed by atoms with Gasteiger partial charge in [-0.2, -0.15) is 5.10 Å². The Morgan fingerprint density at radius 1 is 1.24 bits per heavy atom. The Hall–Kier alpha value is -2.86. The Morgan fingerprint density at radius 3 is 2.60 bits per heavy atom. The van der Waals surface area contributed by atoms with Crippen LogP contribution in [0.3, 0.4) is 0 Å². The van der Waals surface area contributed by atoms with E-state index in [1.807, 2.05) is 0 Å². The Balaban J connectivity index is 2.20. The van der Waals surface area contributed by atoms with E-state index in [0.717, 1.165) is 0 Å². The number of carboxylic acid groups (broad SMARTS) is 1. The molecular weight excluding hydrogens is 344 g/mol. The predicted molar refractivity (Wildman–Crippen MR) is 92.8 cm³/mol. The van der Waals surface area contributed by atoms with Crippen LogP contribution < -0.4 is 15.3 Å². The van der Waals surface area contributed by atoms with Gasteiger partial charge in [-0.3, -0.25) is 4.79 Å². The van der Waals surface area contributed by atoms with Crippen molar-refractivity contribution in [1.29, 1.82) is 0 Å². The molecule has 0 atom stereocenters. The molecule has 0 aliphatic rings. The average Bonchev–Trinajstić information content (AvgIpc) is 2.59. The molecule has 0 aromatic heterocycles. The molecule has 25 heavy (non-hydrogen) atoms. The molecule has 6 nitrogen and oxygen atoms in total. The number of methoxy groups -OCH3 is 1. The molecular formula is C18H16ClN2O4-. The lowest BCUT2D eigenvalue weighted by molar-refractivity contribution is -0.304. The fourth-order valence-corrected chi connectivity index (χ4v) is 2.42.